The van der Waals surface area contributed by atoms with Crippen LogP contribution in [0.1, 0.15) is 30.2 Å². The third kappa shape index (κ3) is 4.54. The van der Waals surface area contributed by atoms with E-state index >= 15 is 0 Å². The van der Waals surface area contributed by atoms with E-state index in [0.29, 0.717) is 34.5 Å². The highest BCUT2D eigenvalue weighted by molar-refractivity contribution is 7.98. The topological polar surface area (TPSA) is 93.6 Å². The highest BCUT2D eigenvalue weighted by atomic mass is 32.2. The molecule has 0 bridgehead atoms. The smallest absolute Gasteiger partial charge is 0.322 e. The number of amides is 2. The minimum Gasteiger partial charge on any atom is -0.497 e. The van der Waals surface area contributed by atoms with E-state index in [1.54, 1.807) is 36.1 Å². The lowest BCUT2D eigenvalue weighted by Gasteiger charge is -2.34. The molecule has 0 spiro atoms. The van der Waals surface area contributed by atoms with Gasteiger partial charge in [-0.3, -0.25) is 4.90 Å². The molecule has 1 N–H and O–H groups in total. The van der Waals surface area contributed by atoms with Gasteiger partial charge < -0.3 is 19.0 Å². The number of benzene rings is 2. The molecule has 1 aliphatic rings. The molecule has 178 valence electrons. The molecule has 2 amide bonds. The Balaban J connectivity index is 1.59. The van der Waals surface area contributed by atoms with Crippen LogP contribution in [0.5, 0.6) is 5.75 Å². The van der Waals surface area contributed by atoms with Crippen molar-refractivity contribution in [1.29, 1.82) is 0 Å². The predicted molar refractivity (Wildman–Crippen MR) is 133 cm³/mol. The number of nitrogens with zero attached hydrogens (tertiary/aromatic N) is 3. The lowest BCUT2D eigenvalue weighted by Crippen LogP contribution is -2.45. The summed E-state index contributed by atoms with van der Waals surface area (Å²) in [5, 5.41) is 7.32. The van der Waals surface area contributed by atoms with E-state index in [4.69, 9.17) is 18.7 Å². The monoisotopic (exact) mass is 488 g/mol. The van der Waals surface area contributed by atoms with Crippen molar-refractivity contribution in [1.82, 2.24) is 20.4 Å². The SMILES string of the molecule is COc1cccc(C2NC(=O)N(Cc3ccco3)C(C)=C2c2nc(-c3ccc(SC)cc3)no2)c1. The van der Waals surface area contributed by atoms with Gasteiger partial charge in [0.1, 0.15) is 11.5 Å². The molecule has 2 aromatic carbocycles. The first-order valence-corrected chi connectivity index (χ1v) is 12.2. The lowest BCUT2D eigenvalue weighted by molar-refractivity contribution is 0.199. The molecule has 1 aliphatic heterocycles. The molecular weight excluding hydrogens is 464 g/mol. The third-order valence-electron chi connectivity index (χ3n) is 5.92. The fraction of sp³-hybridized carbons (Fsp3) is 0.192. The van der Waals surface area contributed by atoms with E-state index in [0.717, 1.165) is 16.0 Å². The Kier molecular flexibility index (Phi) is 6.33. The Hall–Kier alpha value is -3.98. The summed E-state index contributed by atoms with van der Waals surface area (Å²) < 4.78 is 16.6. The van der Waals surface area contributed by atoms with Crippen LogP contribution in [0.25, 0.3) is 17.0 Å². The molecule has 1 atom stereocenters. The first-order valence-electron chi connectivity index (χ1n) is 11.0. The van der Waals surface area contributed by atoms with Gasteiger partial charge in [0.2, 0.25) is 5.82 Å². The number of methoxy groups -OCH3 is 1. The molecule has 1 unspecified atom stereocenters. The maximum Gasteiger partial charge on any atom is 0.322 e. The van der Waals surface area contributed by atoms with Gasteiger partial charge in [0, 0.05) is 16.2 Å². The van der Waals surface area contributed by atoms with Crippen LogP contribution < -0.4 is 10.1 Å². The van der Waals surface area contributed by atoms with Crippen molar-refractivity contribution < 1.29 is 18.5 Å². The van der Waals surface area contributed by atoms with Gasteiger partial charge in [0.15, 0.2) is 0 Å². The van der Waals surface area contributed by atoms with E-state index in [2.05, 4.69) is 10.5 Å². The van der Waals surface area contributed by atoms with Gasteiger partial charge in [0.05, 0.1) is 31.5 Å². The minimum absolute atomic E-state index is 0.247. The quantitative estimate of drug-likeness (QED) is 0.331. The van der Waals surface area contributed by atoms with Gasteiger partial charge in [-0.15, -0.1) is 11.8 Å². The van der Waals surface area contributed by atoms with E-state index in [-0.39, 0.29) is 12.6 Å². The van der Waals surface area contributed by atoms with Crippen molar-refractivity contribution in [3.8, 4) is 17.1 Å². The van der Waals surface area contributed by atoms with Crippen LogP contribution in [-0.4, -0.2) is 34.4 Å². The Bertz CT molecular complexity index is 1360. The van der Waals surface area contributed by atoms with Crippen molar-refractivity contribution in [2.45, 2.75) is 24.4 Å². The number of hydrogen-bond acceptors (Lipinski definition) is 7. The summed E-state index contributed by atoms with van der Waals surface area (Å²) in [5.41, 5.74) is 3.10. The Morgan fingerprint density at radius 2 is 1.97 bits per heavy atom. The Labute approximate surface area is 207 Å². The number of nitrogens with one attached hydrogen (secondary N) is 1. The van der Waals surface area contributed by atoms with Gasteiger partial charge in [-0.1, -0.05) is 17.3 Å². The standard InChI is InChI=1S/C26H24N4O4S/c1-16-22(25-28-24(29-34-25)17-9-11-21(35-3)12-10-17)23(18-6-4-7-19(14-18)32-2)27-26(31)30(16)15-20-8-5-13-33-20/h4-14,23H,15H2,1-3H3,(H,27,31). The Morgan fingerprint density at radius 3 is 2.69 bits per heavy atom. The molecule has 0 saturated heterocycles. The number of thioether (sulfide) groups is 1. The first-order chi connectivity index (χ1) is 17.1. The number of rotatable bonds is 7. The maximum atomic E-state index is 13.2. The van der Waals surface area contributed by atoms with Crippen LogP contribution in [0.2, 0.25) is 0 Å². The summed E-state index contributed by atoms with van der Waals surface area (Å²) in [5.74, 6) is 2.17. The molecule has 0 fully saturated rings. The fourth-order valence-electron chi connectivity index (χ4n) is 4.07. The summed E-state index contributed by atoms with van der Waals surface area (Å²) in [6.07, 6.45) is 3.62. The second-order valence-corrected chi connectivity index (χ2v) is 8.86. The number of aromatic nitrogens is 2. The average molecular weight is 489 g/mol. The molecule has 4 aromatic rings. The molecule has 0 aliphatic carbocycles. The van der Waals surface area contributed by atoms with Crippen molar-refractivity contribution in [3.63, 3.8) is 0 Å². The van der Waals surface area contributed by atoms with Crippen molar-refractivity contribution in [3.05, 3.63) is 89.8 Å². The number of ether oxygens (including phenoxy) is 1. The van der Waals surface area contributed by atoms with Crippen LogP contribution >= 0.6 is 11.8 Å². The van der Waals surface area contributed by atoms with Crippen LogP contribution in [0.4, 0.5) is 4.79 Å². The number of carbonyl (C=O) groups is 1. The summed E-state index contributed by atoms with van der Waals surface area (Å²) in [6, 6.07) is 18.4. The van der Waals surface area contributed by atoms with Gasteiger partial charge >= 0.3 is 6.03 Å². The van der Waals surface area contributed by atoms with E-state index < -0.39 is 6.04 Å². The Morgan fingerprint density at radius 1 is 1.14 bits per heavy atom. The van der Waals surface area contributed by atoms with Crippen molar-refractivity contribution >= 4 is 23.4 Å². The minimum atomic E-state index is -0.502. The average Bonchev–Trinajstić information content (AvgIpc) is 3.59. The molecule has 0 saturated carbocycles. The summed E-state index contributed by atoms with van der Waals surface area (Å²) in [6.45, 7) is 2.15. The van der Waals surface area contributed by atoms with E-state index in [1.807, 2.05) is 67.8 Å². The van der Waals surface area contributed by atoms with Crippen molar-refractivity contribution in [2.75, 3.05) is 13.4 Å². The predicted octanol–water partition coefficient (Wildman–Crippen LogP) is 5.76. The second kappa shape index (κ2) is 9.71. The molecule has 0 radical (unpaired) electrons. The van der Waals surface area contributed by atoms with Crippen LogP contribution in [0, 0.1) is 0 Å². The number of carbonyl (C=O) groups excluding carboxylic acids is 1. The summed E-state index contributed by atoms with van der Waals surface area (Å²) in [7, 11) is 1.61. The molecule has 35 heavy (non-hydrogen) atoms. The van der Waals surface area contributed by atoms with Gasteiger partial charge in [-0.25, -0.2) is 4.79 Å². The molecule has 9 heteroatoms. The van der Waals surface area contributed by atoms with Crippen LogP contribution in [0.3, 0.4) is 0 Å². The van der Waals surface area contributed by atoms with Crippen LogP contribution in [0.15, 0.2) is 86.5 Å². The molecule has 3 heterocycles. The fourth-order valence-corrected chi connectivity index (χ4v) is 4.48. The lowest BCUT2D eigenvalue weighted by atomic mass is 9.94. The zero-order valence-electron chi connectivity index (χ0n) is 19.5. The number of allylic oxidation sites excluding steroid dienone is 1. The zero-order valence-corrected chi connectivity index (χ0v) is 20.3. The van der Waals surface area contributed by atoms with E-state index in [1.165, 1.54) is 0 Å². The third-order valence-corrected chi connectivity index (χ3v) is 6.67. The molecule has 5 rings (SSSR count). The normalized spacial score (nSPS) is 15.9. The van der Waals surface area contributed by atoms with E-state index in [9.17, 15) is 4.79 Å². The van der Waals surface area contributed by atoms with Gasteiger partial charge in [0.25, 0.3) is 5.89 Å². The largest absolute Gasteiger partial charge is 0.497 e. The highest BCUT2D eigenvalue weighted by Gasteiger charge is 2.36. The maximum absolute atomic E-state index is 13.2. The summed E-state index contributed by atoms with van der Waals surface area (Å²) >= 11 is 1.67. The van der Waals surface area contributed by atoms with Crippen molar-refractivity contribution in [2.24, 2.45) is 0 Å². The molecule has 8 nitrogen and oxygen atoms in total. The second-order valence-electron chi connectivity index (χ2n) is 7.98. The number of urea groups is 1. The first kappa shape index (κ1) is 22.8. The van der Waals surface area contributed by atoms with Crippen LogP contribution in [-0.2, 0) is 6.54 Å². The zero-order chi connectivity index (χ0) is 24.4. The number of furan rings is 1. The summed E-state index contributed by atoms with van der Waals surface area (Å²) in [4.78, 5) is 20.6. The highest BCUT2D eigenvalue weighted by Crippen LogP contribution is 2.38. The number of hydrogen-bond donors (Lipinski definition) is 1. The molecular formula is C26H24N4O4S. The van der Waals surface area contributed by atoms with Gasteiger partial charge in [-0.2, -0.15) is 4.98 Å². The molecule has 2 aromatic heterocycles. The van der Waals surface area contributed by atoms with Gasteiger partial charge in [-0.05, 0) is 67.3 Å².